The van der Waals surface area contributed by atoms with Gasteiger partial charge in [-0.15, -0.1) is 28.8 Å². The molecule has 5 heteroatoms. The number of anilines is 2. The van der Waals surface area contributed by atoms with Crippen LogP contribution in [0.2, 0.25) is 0 Å². The third-order valence-electron chi connectivity index (χ3n) is 7.62. The second-order valence-electron chi connectivity index (χ2n) is 10.5. The van der Waals surface area contributed by atoms with Gasteiger partial charge in [0.2, 0.25) is 0 Å². The van der Waals surface area contributed by atoms with E-state index in [0.717, 1.165) is 42.5 Å². The summed E-state index contributed by atoms with van der Waals surface area (Å²) < 4.78 is 0. The van der Waals surface area contributed by atoms with Crippen LogP contribution in [0.1, 0.15) is 84.8 Å². The van der Waals surface area contributed by atoms with Crippen LogP contribution in [0.5, 0.6) is 0 Å². The van der Waals surface area contributed by atoms with E-state index in [4.69, 9.17) is 4.98 Å². The number of hydrogen-bond donors (Lipinski definition) is 0. The molecule has 0 bridgehead atoms. The van der Waals surface area contributed by atoms with Crippen molar-refractivity contribution in [3.63, 3.8) is 0 Å². The Labute approximate surface area is 243 Å². The van der Waals surface area contributed by atoms with Gasteiger partial charge in [-0.1, -0.05) is 53.7 Å². The fourth-order valence-corrected chi connectivity index (χ4v) is 5.57. The van der Waals surface area contributed by atoms with Crippen LogP contribution in [0.15, 0.2) is 36.5 Å². The van der Waals surface area contributed by atoms with Crippen molar-refractivity contribution in [2.24, 2.45) is 11.8 Å². The third kappa shape index (κ3) is 6.61. The number of nitrogens with zero attached hydrogens (tertiary/aromatic N) is 2. The molecule has 207 valence electrons. The molecule has 1 aromatic heterocycles. The van der Waals surface area contributed by atoms with Gasteiger partial charge in [-0.2, -0.15) is 0 Å². The summed E-state index contributed by atoms with van der Waals surface area (Å²) in [6, 6.07) is 14.7. The minimum atomic E-state index is 0. The van der Waals surface area contributed by atoms with Gasteiger partial charge in [0, 0.05) is 49.9 Å². The van der Waals surface area contributed by atoms with Crippen LogP contribution in [-0.4, -0.2) is 22.6 Å². The number of carbonyl (C=O) groups excluding carboxylic acids is 2. The standard InChI is InChI=1S/C20H19N2.C13H24O2.Ir/c1-12(2)22-17-7-5-6-15-8-9-21-19(18(15)17)16-11-13(3)10-14(4)20(16)22;1-5-10(6-2)12(14)9-13(15)11(7-3)8-4;/h5-10,12H,1-4H3;10-11H,5-9H2,1-4H3;/q-1;;. The van der Waals surface area contributed by atoms with E-state index in [1.165, 1.54) is 27.7 Å². The zero-order valence-corrected chi connectivity index (χ0v) is 26.7. The summed E-state index contributed by atoms with van der Waals surface area (Å²) in [5.74, 6) is 0.445. The van der Waals surface area contributed by atoms with Crippen molar-refractivity contribution in [1.82, 2.24) is 4.98 Å². The smallest absolute Gasteiger partial charge is 0.143 e. The zero-order valence-electron chi connectivity index (χ0n) is 24.3. The van der Waals surface area contributed by atoms with E-state index in [9.17, 15) is 9.59 Å². The van der Waals surface area contributed by atoms with Gasteiger partial charge in [-0.05, 0) is 73.8 Å². The first-order valence-corrected chi connectivity index (χ1v) is 13.9. The van der Waals surface area contributed by atoms with Gasteiger partial charge < -0.3 is 9.88 Å². The fourth-order valence-electron chi connectivity index (χ4n) is 5.57. The van der Waals surface area contributed by atoms with Gasteiger partial charge in [0.1, 0.15) is 11.6 Å². The summed E-state index contributed by atoms with van der Waals surface area (Å²) >= 11 is 0. The van der Waals surface area contributed by atoms with Crippen LogP contribution in [0.3, 0.4) is 0 Å². The number of fused-ring (bicyclic) bond motifs is 2. The Balaban J connectivity index is 0.000000282. The molecule has 0 unspecified atom stereocenters. The molecule has 4 nitrogen and oxygen atoms in total. The number of ketones is 2. The van der Waals surface area contributed by atoms with Gasteiger partial charge in [0.25, 0.3) is 0 Å². The number of hydrogen-bond acceptors (Lipinski definition) is 4. The van der Waals surface area contributed by atoms with E-state index < -0.39 is 0 Å². The van der Waals surface area contributed by atoms with Crippen molar-refractivity contribution in [3.05, 3.63) is 53.7 Å². The van der Waals surface area contributed by atoms with E-state index >= 15 is 0 Å². The SMILES string of the molecule is CCC(CC)C(=O)CC(=O)C(CC)CC.Cc1[c-]c2c(c(C)c1)N(C(C)C)c1cccc3ccnc-2c13.[Ir]. The van der Waals surface area contributed by atoms with Crippen LogP contribution >= 0.6 is 0 Å². The second kappa shape index (κ2) is 14.1. The van der Waals surface area contributed by atoms with Gasteiger partial charge in [0.15, 0.2) is 0 Å². The Bertz CT molecular complexity index is 1230. The molecule has 0 fully saturated rings. The number of Topliss-reactive ketones (excluding diaryl/α,β-unsaturated/α-hetero) is 2. The third-order valence-corrected chi connectivity index (χ3v) is 7.62. The molecule has 1 aliphatic heterocycles. The summed E-state index contributed by atoms with van der Waals surface area (Å²) in [4.78, 5) is 30.6. The average molecular weight is 692 g/mol. The Morgan fingerprint density at radius 2 is 1.50 bits per heavy atom. The van der Waals surface area contributed by atoms with Crippen molar-refractivity contribution in [3.8, 4) is 11.3 Å². The van der Waals surface area contributed by atoms with Crippen molar-refractivity contribution < 1.29 is 29.7 Å². The van der Waals surface area contributed by atoms with Crippen LogP contribution in [0.25, 0.3) is 22.0 Å². The van der Waals surface area contributed by atoms with Gasteiger partial charge in [-0.3, -0.25) is 9.59 Å². The van der Waals surface area contributed by atoms with E-state index in [-0.39, 0.29) is 49.9 Å². The molecule has 0 atom stereocenters. The number of aromatic nitrogens is 1. The second-order valence-corrected chi connectivity index (χ2v) is 10.5. The molecule has 2 heterocycles. The van der Waals surface area contributed by atoms with E-state index in [1.807, 2.05) is 33.9 Å². The maximum atomic E-state index is 11.7. The molecule has 0 spiro atoms. The molecule has 0 saturated carbocycles. The van der Waals surface area contributed by atoms with Crippen LogP contribution in [-0.2, 0) is 29.7 Å². The number of carbonyl (C=O) groups is 2. The molecule has 0 saturated heterocycles. The van der Waals surface area contributed by atoms with Gasteiger partial charge in [-0.25, -0.2) is 0 Å². The van der Waals surface area contributed by atoms with Crippen molar-refractivity contribution >= 4 is 33.7 Å². The summed E-state index contributed by atoms with van der Waals surface area (Å²) in [6.45, 7) is 16.8. The van der Waals surface area contributed by atoms with Gasteiger partial charge in [0.05, 0.1) is 6.42 Å². The molecular weight excluding hydrogens is 649 g/mol. The first-order valence-electron chi connectivity index (χ1n) is 13.9. The Morgan fingerprint density at radius 1 is 0.921 bits per heavy atom. The van der Waals surface area contributed by atoms with Crippen molar-refractivity contribution in [1.29, 1.82) is 0 Å². The average Bonchev–Trinajstić information content (AvgIpc) is 2.86. The predicted octanol–water partition coefficient (Wildman–Crippen LogP) is 8.56. The first kappa shape index (κ1) is 31.9. The Kier molecular flexibility index (Phi) is 11.9. The molecule has 3 aromatic rings. The largest absolute Gasteiger partial charge is 0.379 e. The fraction of sp³-hybridized carbons (Fsp3) is 0.485. The Morgan fingerprint density at radius 3 is 2.03 bits per heavy atom. The first-order chi connectivity index (χ1) is 17.7. The molecule has 0 N–H and O–H groups in total. The van der Waals surface area contributed by atoms with E-state index in [0.29, 0.717) is 6.04 Å². The number of pyridine rings is 1. The molecular formula is C33H43IrN2O2-. The van der Waals surface area contributed by atoms with E-state index in [2.05, 4.69) is 69.0 Å². The molecule has 1 radical (unpaired) electrons. The Hall–Kier alpha value is -2.36. The van der Waals surface area contributed by atoms with Crippen LogP contribution in [0.4, 0.5) is 11.4 Å². The monoisotopic (exact) mass is 692 g/mol. The van der Waals surface area contributed by atoms with Gasteiger partial charge >= 0.3 is 0 Å². The molecule has 0 aliphatic carbocycles. The van der Waals surface area contributed by atoms with Crippen molar-refractivity contribution in [2.45, 2.75) is 93.5 Å². The van der Waals surface area contributed by atoms with Crippen LogP contribution in [0, 0.1) is 31.7 Å². The minimum absolute atomic E-state index is 0. The normalized spacial score (nSPS) is 11.8. The molecule has 0 amide bonds. The predicted molar refractivity (Wildman–Crippen MR) is 156 cm³/mol. The zero-order chi connectivity index (χ0) is 27.3. The maximum absolute atomic E-state index is 11.7. The number of aryl methyl sites for hydroxylation is 2. The van der Waals surface area contributed by atoms with E-state index in [1.54, 1.807) is 0 Å². The molecule has 2 aromatic carbocycles. The quantitative estimate of drug-likeness (QED) is 0.167. The molecule has 4 rings (SSSR count). The van der Waals surface area contributed by atoms with Crippen LogP contribution < -0.4 is 4.90 Å². The minimum Gasteiger partial charge on any atom is -0.379 e. The summed E-state index contributed by atoms with van der Waals surface area (Å²) in [5, 5.41) is 2.49. The maximum Gasteiger partial charge on any atom is 0.143 e. The number of benzene rings is 2. The molecule has 38 heavy (non-hydrogen) atoms. The summed E-state index contributed by atoms with van der Waals surface area (Å²) in [6.07, 6.45) is 5.47. The molecule has 1 aliphatic rings. The summed E-state index contributed by atoms with van der Waals surface area (Å²) in [5.41, 5.74) is 7.15. The topological polar surface area (TPSA) is 50.3 Å². The summed E-state index contributed by atoms with van der Waals surface area (Å²) in [7, 11) is 0. The number of rotatable bonds is 9. The van der Waals surface area contributed by atoms with Crippen molar-refractivity contribution in [2.75, 3.05) is 4.90 Å².